The summed E-state index contributed by atoms with van der Waals surface area (Å²) in [6.07, 6.45) is -0.816. The van der Waals surface area contributed by atoms with Crippen molar-refractivity contribution in [2.75, 3.05) is 0 Å². The van der Waals surface area contributed by atoms with E-state index in [1.54, 1.807) is 6.92 Å². The molecule has 1 heterocycles. The van der Waals surface area contributed by atoms with Gasteiger partial charge >= 0.3 is 5.97 Å². The fraction of sp³-hybridized carbons (Fsp3) is 0.214. The molecule has 0 saturated carbocycles. The monoisotopic (exact) mass is 256 g/mol. The second-order valence-corrected chi connectivity index (χ2v) is 3.97. The van der Waals surface area contributed by atoms with Gasteiger partial charge in [-0.1, -0.05) is 18.2 Å². The van der Waals surface area contributed by atoms with E-state index in [2.05, 4.69) is 4.98 Å². The molecular formula is C14H12N2O3. The van der Waals surface area contributed by atoms with Gasteiger partial charge in [-0.15, -0.1) is 0 Å². The number of ether oxygens (including phenoxy) is 1. The molecule has 0 aliphatic rings. The van der Waals surface area contributed by atoms with E-state index < -0.39 is 12.1 Å². The minimum absolute atomic E-state index is 0.0981. The van der Waals surface area contributed by atoms with Gasteiger partial charge in [0.1, 0.15) is 11.8 Å². The zero-order chi connectivity index (χ0) is 13.8. The van der Waals surface area contributed by atoms with E-state index in [-0.39, 0.29) is 5.69 Å². The molecule has 2 aromatic rings. The first kappa shape index (κ1) is 12.8. The van der Waals surface area contributed by atoms with Crippen molar-refractivity contribution in [2.45, 2.75) is 20.0 Å². The van der Waals surface area contributed by atoms with Crippen LogP contribution < -0.4 is 0 Å². The number of rotatable bonds is 3. The Bertz CT molecular complexity index is 626. The Labute approximate surface area is 110 Å². The van der Waals surface area contributed by atoms with Gasteiger partial charge in [0.2, 0.25) is 5.89 Å². The highest BCUT2D eigenvalue weighted by Crippen LogP contribution is 2.21. The van der Waals surface area contributed by atoms with Gasteiger partial charge in [0.25, 0.3) is 0 Å². The normalized spacial score (nSPS) is 11.6. The molecule has 2 rings (SSSR count). The summed E-state index contributed by atoms with van der Waals surface area (Å²) < 4.78 is 10.3. The average Bonchev–Trinajstić information content (AvgIpc) is 2.81. The van der Waals surface area contributed by atoms with Crippen LogP contribution in [0.5, 0.6) is 0 Å². The van der Waals surface area contributed by atoms with Crippen LogP contribution in [-0.2, 0) is 4.74 Å². The molecule has 96 valence electrons. The second kappa shape index (κ2) is 5.36. The Balaban J connectivity index is 2.27. The first-order valence-corrected chi connectivity index (χ1v) is 5.75. The van der Waals surface area contributed by atoms with Gasteiger partial charge in [-0.2, -0.15) is 5.26 Å². The van der Waals surface area contributed by atoms with Crippen LogP contribution in [0.1, 0.15) is 23.2 Å². The number of benzene rings is 1. The maximum Gasteiger partial charge on any atom is 0.361 e. The molecule has 0 fully saturated rings. The summed E-state index contributed by atoms with van der Waals surface area (Å²) in [6, 6.07) is 11.1. The number of oxazole rings is 1. The lowest BCUT2D eigenvalue weighted by atomic mass is 10.2. The molecule has 1 aromatic heterocycles. The van der Waals surface area contributed by atoms with Gasteiger partial charge in [0.05, 0.1) is 0 Å². The number of hydrogen-bond acceptors (Lipinski definition) is 5. The fourth-order valence-electron chi connectivity index (χ4n) is 1.53. The average molecular weight is 256 g/mol. The van der Waals surface area contributed by atoms with E-state index >= 15 is 0 Å². The van der Waals surface area contributed by atoms with Crippen molar-refractivity contribution in [3.05, 3.63) is 41.8 Å². The van der Waals surface area contributed by atoms with E-state index in [9.17, 15) is 4.79 Å². The molecule has 0 bridgehead atoms. The lowest BCUT2D eigenvalue weighted by molar-refractivity contribution is 0.0427. The summed E-state index contributed by atoms with van der Waals surface area (Å²) in [4.78, 5) is 15.9. The highest BCUT2D eigenvalue weighted by atomic mass is 16.5. The molecule has 1 aromatic carbocycles. The zero-order valence-electron chi connectivity index (χ0n) is 10.6. The minimum atomic E-state index is -0.816. The molecule has 0 aliphatic heterocycles. The molecular weight excluding hydrogens is 244 g/mol. The summed E-state index contributed by atoms with van der Waals surface area (Å²) in [5.74, 6) is 0.0705. The topological polar surface area (TPSA) is 76.1 Å². The van der Waals surface area contributed by atoms with Crippen LogP contribution in [0.25, 0.3) is 11.5 Å². The number of aromatic nitrogens is 1. The molecule has 0 radical (unpaired) electrons. The molecule has 1 atom stereocenters. The maximum atomic E-state index is 11.8. The molecule has 0 spiro atoms. The second-order valence-electron chi connectivity index (χ2n) is 3.97. The van der Waals surface area contributed by atoms with Crippen molar-refractivity contribution in [1.82, 2.24) is 4.98 Å². The molecule has 0 amide bonds. The Morgan fingerprint density at radius 2 is 2.11 bits per heavy atom. The van der Waals surface area contributed by atoms with Gasteiger partial charge in [0, 0.05) is 5.56 Å². The largest absolute Gasteiger partial charge is 0.442 e. The summed E-state index contributed by atoms with van der Waals surface area (Å²) in [5.41, 5.74) is 0.874. The van der Waals surface area contributed by atoms with Crippen molar-refractivity contribution < 1.29 is 13.9 Å². The van der Waals surface area contributed by atoms with Crippen LogP contribution in [0.4, 0.5) is 0 Å². The third-order valence-corrected chi connectivity index (χ3v) is 2.48. The first-order valence-electron chi connectivity index (χ1n) is 5.75. The van der Waals surface area contributed by atoms with Crippen molar-refractivity contribution >= 4 is 5.97 Å². The third-order valence-electron chi connectivity index (χ3n) is 2.48. The SMILES string of the molecule is Cc1oc(-c2ccccc2)nc1C(=O)O[C@H](C)C#N. The van der Waals surface area contributed by atoms with E-state index in [0.29, 0.717) is 11.7 Å². The van der Waals surface area contributed by atoms with Gasteiger partial charge in [0.15, 0.2) is 11.8 Å². The lowest BCUT2D eigenvalue weighted by Crippen LogP contribution is -2.14. The summed E-state index contributed by atoms with van der Waals surface area (Å²) in [5, 5.41) is 8.61. The Morgan fingerprint density at radius 1 is 1.42 bits per heavy atom. The Kier molecular flexibility index (Phi) is 3.62. The van der Waals surface area contributed by atoms with Crippen LogP contribution in [0.15, 0.2) is 34.7 Å². The smallest absolute Gasteiger partial charge is 0.361 e. The number of carbonyl (C=O) groups is 1. The number of esters is 1. The van der Waals surface area contributed by atoms with Crippen molar-refractivity contribution in [3.63, 3.8) is 0 Å². The molecule has 0 saturated heterocycles. The lowest BCUT2D eigenvalue weighted by Gasteiger charge is -2.02. The van der Waals surface area contributed by atoms with Gasteiger partial charge in [-0.05, 0) is 26.0 Å². The third kappa shape index (κ3) is 2.80. The van der Waals surface area contributed by atoms with E-state index in [1.807, 2.05) is 36.4 Å². The van der Waals surface area contributed by atoms with Crippen LogP contribution in [0.2, 0.25) is 0 Å². The summed E-state index contributed by atoms with van der Waals surface area (Å²) in [6.45, 7) is 3.12. The minimum Gasteiger partial charge on any atom is -0.442 e. The summed E-state index contributed by atoms with van der Waals surface area (Å²) >= 11 is 0. The highest BCUT2D eigenvalue weighted by molar-refractivity contribution is 5.89. The van der Waals surface area contributed by atoms with Crippen molar-refractivity contribution in [2.24, 2.45) is 0 Å². The number of hydrogen-bond donors (Lipinski definition) is 0. The van der Waals surface area contributed by atoms with Crippen molar-refractivity contribution in [3.8, 4) is 17.5 Å². The van der Waals surface area contributed by atoms with Gasteiger partial charge in [-0.3, -0.25) is 0 Å². The molecule has 0 N–H and O–H groups in total. The maximum absolute atomic E-state index is 11.8. The number of nitrogens with zero attached hydrogens (tertiary/aromatic N) is 2. The number of carbonyl (C=O) groups excluding carboxylic acids is 1. The Hall–Kier alpha value is -2.61. The predicted octanol–water partition coefficient (Wildman–Crippen LogP) is 2.72. The van der Waals surface area contributed by atoms with Crippen LogP contribution in [-0.4, -0.2) is 17.1 Å². The molecule has 0 unspecified atom stereocenters. The summed E-state index contributed by atoms with van der Waals surface area (Å²) in [7, 11) is 0. The zero-order valence-corrected chi connectivity index (χ0v) is 10.6. The van der Waals surface area contributed by atoms with Crippen LogP contribution in [0.3, 0.4) is 0 Å². The van der Waals surface area contributed by atoms with Crippen LogP contribution in [0, 0.1) is 18.3 Å². The molecule has 5 nitrogen and oxygen atoms in total. The van der Waals surface area contributed by atoms with Gasteiger partial charge in [-0.25, -0.2) is 9.78 Å². The van der Waals surface area contributed by atoms with Gasteiger partial charge < -0.3 is 9.15 Å². The molecule has 5 heteroatoms. The predicted molar refractivity (Wildman–Crippen MR) is 67.2 cm³/mol. The molecule has 19 heavy (non-hydrogen) atoms. The van der Waals surface area contributed by atoms with E-state index in [0.717, 1.165) is 5.56 Å². The number of nitriles is 1. The number of aryl methyl sites for hydroxylation is 1. The standard InChI is InChI=1S/C14H12N2O3/c1-9(8-15)18-14(17)12-10(2)19-13(16-12)11-6-4-3-5-7-11/h3-7,9H,1-2H3/t9-/m1/s1. The Morgan fingerprint density at radius 3 is 2.74 bits per heavy atom. The fourth-order valence-corrected chi connectivity index (χ4v) is 1.53. The van der Waals surface area contributed by atoms with Crippen molar-refractivity contribution in [1.29, 1.82) is 5.26 Å². The van der Waals surface area contributed by atoms with E-state index in [1.165, 1.54) is 6.92 Å². The van der Waals surface area contributed by atoms with Crippen LogP contribution >= 0.6 is 0 Å². The first-order chi connectivity index (χ1) is 9.11. The van der Waals surface area contributed by atoms with E-state index in [4.69, 9.17) is 14.4 Å². The quantitative estimate of drug-likeness (QED) is 0.789. The molecule has 0 aliphatic carbocycles. The highest BCUT2D eigenvalue weighted by Gasteiger charge is 2.21.